The molecule has 1 rings (SSSR count). The third kappa shape index (κ3) is 16.8. The van der Waals surface area contributed by atoms with E-state index in [-0.39, 0.29) is 0 Å². The SMILES string of the molecule is CCCCCCCCCCCCCCCc1n(CCCC)cc[n+]1CCCCCCCCCC. The van der Waals surface area contributed by atoms with Crippen LogP contribution in [-0.4, -0.2) is 4.57 Å². The highest BCUT2D eigenvalue weighted by molar-refractivity contribution is 4.84. The Bertz CT molecular complexity index is 533. The molecule has 1 aromatic rings. The molecule has 0 spiro atoms. The normalized spacial score (nSPS) is 11.5. The van der Waals surface area contributed by atoms with Crippen LogP contribution in [-0.2, 0) is 19.5 Å². The number of aromatic nitrogens is 2. The van der Waals surface area contributed by atoms with Gasteiger partial charge < -0.3 is 0 Å². The number of rotatable bonds is 26. The predicted octanol–water partition coefficient (Wildman–Crippen LogP) is 10.4. The van der Waals surface area contributed by atoms with E-state index in [0.717, 1.165) is 0 Å². The first-order valence-corrected chi connectivity index (χ1v) is 15.9. The second-order valence-electron chi connectivity index (χ2n) is 10.9. The van der Waals surface area contributed by atoms with Gasteiger partial charge in [0.1, 0.15) is 12.4 Å². The van der Waals surface area contributed by atoms with E-state index in [1.165, 1.54) is 167 Å². The van der Waals surface area contributed by atoms with Crippen LogP contribution in [0.1, 0.15) is 174 Å². The fraction of sp³-hybridized carbons (Fsp3) is 0.906. The monoisotopic (exact) mass is 475 g/mol. The average molecular weight is 476 g/mol. The molecule has 0 N–H and O–H groups in total. The molecule has 1 heterocycles. The Kier molecular flexibility index (Phi) is 22.0. The molecule has 34 heavy (non-hydrogen) atoms. The van der Waals surface area contributed by atoms with Crippen LogP contribution in [0.2, 0.25) is 0 Å². The Balaban J connectivity index is 2.17. The fourth-order valence-corrected chi connectivity index (χ4v) is 5.24. The van der Waals surface area contributed by atoms with Crippen LogP contribution in [0.5, 0.6) is 0 Å². The minimum absolute atomic E-state index is 1.20. The number of imidazole rings is 1. The zero-order valence-electron chi connectivity index (χ0n) is 23.9. The Hall–Kier alpha value is -0.790. The first-order valence-electron chi connectivity index (χ1n) is 15.9. The lowest BCUT2D eigenvalue weighted by Crippen LogP contribution is -2.37. The summed E-state index contributed by atoms with van der Waals surface area (Å²) in [7, 11) is 0. The van der Waals surface area contributed by atoms with Gasteiger partial charge in [-0.3, -0.25) is 0 Å². The summed E-state index contributed by atoms with van der Waals surface area (Å²) in [5, 5.41) is 0. The summed E-state index contributed by atoms with van der Waals surface area (Å²) in [6.07, 6.45) is 38.6. The van der Waals surface area contributed by atoms with E-state index in [1.54, 1.807) is 5.82 Å². The number of aryl methyl sites for hydroxylation is 2. The van der Waals surface area contributed by atoms with Crippen LogP contribution in [0.4, 0.5) is 0 Å². The molecule has 1 aromatic heterocycles. The van der Waals surface area contributed by atoms with E-state index < -0.39 is 0 Å². The van der Waals surface area contributed by atoms with Gasteiger partial charge in [0.05, 0.1) is 13.1 Å². The van der Waals surface area contributed by atoms with Crippen molar-refractivity contribution in [3.8, 4) is 0 Å². The molecule has 0 radical (unpaired) electrons. The van der Waals surface area contributed by atoms with Gasteiger partial charge in [-0.1, -0.05) is 143 Å². The molecule has 200 valence electrons. The summed E-state index contributed by atoms with van der Waals surface area (Å²) in [6.45, 7) is 9.35. The summed E-state index contributed by atoms with van der Waals surface area (Å²) < 4.78 is 5.15. The smallest absolute Gasteiger partial charge is 0.234 e. The molecule has 0 aromatic carbocycles. The molecule has 2 nitrogen and oxygen atoms in total. The van der Waals surface area contributed by atoms with Gasteiger partial charge in [0.15, 0.2) is 0 Å². The van der Waals surface area contributed by atoms with Crippen LogP contribution in [0.25, 0.3) is 0 Å². The van der Waals surface area contributed by atoms with Crippen molar-refractivity contribution in [3.63, 3.8) is 0 Å². The van der Waals surface area contributed by atoms with Gasteiger partial charge in [-0.2, -0.15) is 0 Å². The largest absolute Gasteiger partial charge is 0.256 e. The Morgan fingerprint density at radius 1 is 0.500 bits per heavy atom. The van der Waals surface area contributed by atoms with Gasteiger partial charge >= 0.3 is 0 Å². The highest BCUT2D eigenvalue weighted by Gasteiger charge is 2.16. The molecule has 0 unspecified atom stereocenters. The summed E-state index contributed by atoms with van der Waals surface area (Å²) >= 11 is 0. The molecular weight excluding hydrogens is 412 g/mol. The minimum Gasteiger partial charge on any atom is -0.234 e. The molecule has 0 amide bonds. The molecule has 0 aliphatic rings. The quantitative estimate of drug-likeness (QED) is 0.0930. The zero-order chi connectivity index (χ0) is 24.5. The van der Waals surface area contributed by atoms with Gasteiger partial charge in [0.25, 0.3) is 5.82 Å². The lowest BCUT2D eigenvalue weighted by molar-refractivity contribution is -0.704. The van der Waals surface area contributed by atoms with Crippen molar-refractivity contribution < 1.29 is 4.57 Å². The van der Waals surface area contributed by atoms with E-state index in [9.17, 15) is 0 Å². The molecule has 0 aliphatic heterocycles. The Morgan fingerprint density at radius 2 is 0.912 bits per heavy atom. The minimum atomic E-state index is 1.20. The first kappa shape index (κ1) is 31.2. The van der Waals surface area contributed by atoms with Crippen LogP contribution < -0.4 is 4.57 Å². The summed E-state index contributed by atoms with van der Waals surface area (Å²) in [4.78, 5) is 0. The van der Waals surface area contributed by atoms with Crippen molar-refractivity contribution in [2.45, 2.75) is 188 Å². The van der Waals surface area contributed by atoms with Crippen LogP contribution >= 0.6 is 0 Å². The van der Waals surface area contributed by atoms with Crippen molar-refractivity contribution >= 4 is 0 Å². The maximum absolute atomic E-state index is 2.59. The number of hydrogen-bond acceptors (Lipinski definition) is 0. The van der Waals surface area contributed by atoms with Crippen LogP contribution in [0.3, 0.4) is 0 Å². The zero-order valence-corrected chi connectivity index (χ0v) is 23.9. The molecule has 0 saturated heterocycles. The van der Waals surface area contributed by atoms with Crippen molar-refractivity contribution in [2.24, 2.45) is 0 Å². The molecule has 2 heteroatoms. The molecule has 0 aliphatic carbocycles. The van der Waals surface area contributed by atoms with Gasteiger partial charge in [-0.25, -0.2) is 9.13 Å². The van der Waals surface area contributed by atoms with E-state index in [1.807, 2.05) is 0 Å². The van der Waals surface area contributed by atoms with Gasteiger partial charge in [0, 0.05) is 6.42 Å². The number of hydrogen-bond donors (Lipinski definition) is 0. The maximum atomic E-state index is 2.59. The van der Waals surface area contributed by atoms with E-state index >= 15 is 0 Å². The summed E-state index contributed by atoms with van der Waals surface area (Å²) in [6, 6.07) is 0. The average Bonchev–Trinajstić information content (AvgIpc) is 3.23. The molecule has 0 bridgehead atoms. The van der Waals surface area contributed by atoms with E-state index in [0.29, 0.717) is 0 Å². The van der Waals surface area contributed by atoms with Gasteiger partial charge in [-0.15, -0.1) is 0 Å². The molecule has 0 fully saturated rings. The number of nitrogens with zero attached hydrogens (tertiary/aromatic N) is 2. The number of unbranched alkanes of at least 4 members (excludes halogenated alkanes) is 20. The Morgan fingerprint density at radius 3 is 1.38 bits per heavy atom. The lowest BCUT2D eigenvalue weighted by Gasteiger charge is -2.06. The van der Waals surface area contributed by atoms with Crippen molar-refractivity contribution in [1.29, 1.82) is 0 Å². The van der Waals surface area contributed by atoms with Crippen molar-refractivity contribution in [1.82, 2.24) is 4.57 Å². The lowest BCUT2D eigenvalue weighted by atomic mass is 10.0. The third-order valence-electron chi connectivity index (χ3n) is 7.60. The molecule has 0 saturated carbocycles. The standard InChI is InChI=1S/C32H63N2/c1-4-7-10-12-14-16-17-18-19-20-21-23-25-27-32-33(28-9-6-3)30-31-34(32)29-26-24-22-15-13-11-8-5-2/h30-31H,4-29H2,1-3H3/q+1. The highest BCUT2D eigenvalue weighted by Crippen LogP contribution is 2.14. The van der Waals surface area contributed by atoms with E-state index in [4.69, 9.17) is 0 Å². The summed E-state index contributed by atoms with van der Waals surface area (Å²) in [5.41, 5.74) is 0. The molecular formula is C32H63N2+. The van der Waals surface area contributed by atoms with Crippen molar-refractivity contribution in [2.75, 3.05) is 0 Å². The second kappa shape index (κ2) is 23.9. The van der Waals surface area contributed by atoms with Crippen LogP contribution in [0, 0.1) is 0 Å². The third-order valence-corrected chi connectivity index (χ3v) is 7.60. The van der Waals surface area contributed by atoms with Gasteiger partial charge in [-0.05, 0) is 25.7 Å². The second-order valence-corrected chi connectivity index (χ2v) is 10.9. The van der Waals surface area contributed by atoms with E-state index in [2.05, 4.69) is 42.3 Å². The fourth-order valence-electron chi connectivity index (χ4n) is 5.24. The topological polar surface area (TPSA) is 8.81 Å². The first-order chi connectivity index (χ1) is 16.8. The Labute approximate surface area is 215 Å². The highest BCUT2D eigenvalue weighted by atomic mass is 15.1. The predicted molar refractivity (Wildman–Crippen MR) is 152 cm³/mol. The molecule has 0 atom stereocenters. The van der Waals surface area contributed by atoms with Crippen molar-refractivity contribution in [3.05, 3.63) is 18.2 Å². The maximum Gasteiger partial charge on any atom is 0.256 e. The van der Waals surface area contributed by atoms with Crippen LogP contribution in [0.15, 0.2) is 12.4 Å². The summed E-state index contributed by atoms with van der Waals surface area (Å²) in [5.74, 6) is 1.60. The van der Waals surface area contributed by atoms with Gasteiger partial charge in [0.2, 0.25) is 0 Å².